The van der Waals surface area contributed by atoms with Crippen molar-refractivity contribution < 1.29 is 43.5 Å². The number of aryl methyl sites for hydroxylation is 8. The molecule has 4 atom stereocenters. The topological polar surface area (TPSA) is 337 Å². The zero-order chi connectivity index (χ0) is 93.4. The van der Waals surface area contributed by atoms with E-state index in [1.165, 1.54) is 53.6 Å². The number of nitrogens with zero attached hydrogens (tertiary/aromatic N) is 10. The first-order valence-corrected chi connectivity index (χ1v) is 49.3. The van der Waals surface area contributed by atoms with Gasteiger partial charge in [-0.05, 0) is 209 Å². The zero-order valence-corrected chi connectivity index (χ0v) is 80.5. The quantitative estimate of drug-likeness (QED) is 0.0271. The Labute approximate surface area is 821 Å². The molecule has 6 amide bonds. The number of imide groups is 2. The second-order valence-electron chi connectivity index (χ2n) is 32.7. The summed E-state index contributed by atoms with van der Waals surface area (Å²) in [5.41, 5.74) is 31.0. The number of Topliss-reactive ketones (excluding diaryl/α,β-unsaturated/α-hetero) is 1. The minimum atomic E-state index is -0.884. The number of thiophene rings is 4. The Hall–Kier alpha value is -10.5. The fraction of sp³-hybridized carbons (Fsp3) is 0.258. The molecule has 6 aromatic carbocycles. The lowest BCUT2D eigenvalue weighted by Crippen LogP contribution is -2.46. The van der Waals surface area contributed by atoms with Crippen LogP contribution in [-0.2, 0) is 77.5 Å². The van der Waals surface area contributed by atoms with Crippen LogP contribution in [0.3, 0.4) is 0 Å². The number of benzene rings is 6. The number of hydrogen-bond acceptors (Lipinski definition) is 19. The highest BCUT2D eigenvalue weighted by molar-refractivity contribution is 7.15. The Morgan fingerprint density at radius 2 is 0.692 bits per heavy atom. The van der Waals surface area contributed by atoms with Crippen molar-refractivity contribution in [2.45, 2.75) is 128 Å². The lowest BCUT2D eigenvalue weighted by atomic mass is 9.94. The number of rotatable bonds is 22. The van der Waals surface area contributed by atoms with Crippen LogP contribution in [0.2, 0.25) is 40.2 Å². The van der Waals surface area contributed by atoms with E-state index in [1.54, 1.807) is 103 Å². The molecule has 24 nitrogen and oxygen atoms in total. The van der Waals surface area contributed by atoms with Crippen LogP contribution in [0.4, 0.5) is 0 Å². The molecule has 0 fully saturated rings. The van der Waals surface area contributed by atoms with Crippen LogP contribution in [0.15, 0.2) is 195 Å². The van der Waals surface area contributed by atoms with Gasteiger partial charge < -0.3 is 32.9 Å². The molecule has 133 heavy (non-hydrogen) atoms. The molecule has 6 aliphatic rings. The second kappa shape index (κ2) is 43.0. The Morgan fingerprint density at radius 1 is 0.376 bits per heavy atom. The minimum Gasteiger partial charge on any atom is -0.477 e. The Bertz CT molecular complexity index is 6540. The predicted octanol–water partition coefficient (Wildman–Crippen LogP) is 20.3. The van der Waals surface area contributed by atoms with Crippen molar-refractivity contribution >= 4 is 185 Å². The largest absolute Gasteiger partial charge is 0.477 e. The number of aromatic nitrogens is 8. The molecule has 14 aromatic rings. The number of ketones is 1. The predicted molar refractivity (Wildman–Crippen MR) is 528 cm³/mol. The van der Waals surface area contributed by atoms with Gasteiger partial charge in [-0.2, -0.15) is 20.4 Å². The van der Waals surface area contributed by atoms with Gasteiger partial charge in [-0.3, -0.25) is 62.1 Å². The van der Waals surface area contributed by atoms with Crippen molar-refractivity contribution in [1.29, 1.82) is 0 Å². The molecular formula is C97H87Cl8N15O9S4. The molecule has 684 valence electrons. The van der Waals surface area contributed by atoms with Crippen LogP contribution in [0.25, 0.3) is 45.0 Å². The fourth-order valence-corrected chi connectivity index (χ4v) is 23.4. The van der Waals surface area contributed by atoms with Gasteiger partial charge in [-0.1, -0.05) is 166 Å². The number of carboxylic acids is 1. The summed E-state index contributed by atoms with van der Waals surface area (Å²) in [5.74, 6) is -2.32. The third-order valence-electron chi connectivity index (χ3n) is 23.3. The molecule has 0 unspecified atom stereocenters. The maximum atomic E-state index is 13.5. The van der Waals surface area contributed by atoms with Gasteiger partial charge in [0.05, 0.1) is 111 Å². The first-order valence-electron chi connectivity index (χ1n) is 43.0. The van der Waals surface area contributed by atoms with Crippen LogP contribution in [-0.4, -0.2) is 146 Å². The molecule has 0 spiro atoms. The first-order chi connectivity index (χ1) is 64.2. The van der Waals surface area contributed by atoms with Crippen molar-refractivity contribution in [3.05, 3.63) is 318 Å². The summed E-state index contributed by atoms with van der Waals surface area (Å²) >= 11 is 55.4. The standard InChI is InChI=1S/C28H22Cl2N4O3S.C21H21Cl2N3OS.C20H20Cl2N4OS.C17H15ClN2O2.C11H9ClN2O2S/c29-17-6-3-5-16(11-17)12-18(15-33-27(36)19-7-1-2-8-20(19)28(33)37)32-26(35)24-13-21-23(38-24)9-4-10-34-25(21)22(30)14-31-34;22-15-4-1-3-13(8-15)7-14(11-24)9-18(27)20-10-16-19(28-20)5-2-6-26-21(16)17(23)12-25-26;21-13-4-1-3-12(7-13)8-14(10-23)25-20(27)18-9-15-17(28-18)5-2-6-26-19(15)16(22)11-24-26;18-12-5-3-4-11(8-12)9-13(19)10-20-16(21)14-6-1-2-7-15(14)17(20)22;12-7-5-13-14-3-1-2-8-6(10(7)14)4-9(17-8)11(15)16/h1-3,5-8,11,13-14,18H,4,9-10,12,15H2,(H,32,35);1,3-4,8,10,12,14H,2,5-7,9,11,24H2;1,3-4,7,9,11,14H,2,5-6,8,10,23H2,(H,25,27);1-8,13H,9-10,19H2;4-5H,1-3H2,(H,15,16)/t18-;2*14-;13-;/m0100./s1. The maximum Gasteiger partial charge on any atom is 0.345 e. The molecule has 0 aliphatic carbocycles. The maximum absolute atomic E-state index is 13.5. The third kappa shape index (κ3) is 22.2. The summed E-state index contributed by atoms with van der Waals surface area (Å²) in [5, 5.41) is 37.5. The van der Waals surface area contributed by atoms with Gasteiger partial charge in [0.2, 0.25) is 0 Å². The van der Waals surface area contributed by atoms with Gasteiger partial charge in [0.25, 0.3) is 35.4 Å². The average molecular weight is 2020 g/mol. The molecule has 9 N–H and O–H groups in total. The lowest BCUT2D eigenvalue weighted by molar-refractivity contribution is 0.0622. The van der Waals surface area contributed by atoms with Crippen molar-refractivity contribution in [1.82, 2.24) is 59.6 Å². The summed E-state index contributed by atoms with van der Waals surface area (Å²) in [6.07, 6.45) is 16.7. The van der Waals surface area contributed by atoms with Gasteiger partial charge in [0.15, 0.2) is 5.78 Å². The number of halogens is 8. The molecule has 36 heteroatoms. The van der Waals surface area contributed by atoms with Crippen LogP contribution in [0.5, 0.6) is 0 Å². The fourth-order valence-electron chi connectivity index (χ4n) is 17.1. The Kier molecular flexibility index (Phi) is 31.0. The van der Waals surface area contributed by atoms with E-state index >= 15 is 0 Å². The number of carboxylic acid groups (broad SMARTS) is 1. The highest BCUT2D eigenvalue weighted by Crippen LogP contribution is 2.44. The number of carbonyl (C=O) groups is 8. The van der Waals surface area contributed by atoms with E-state index in [9.17, 15) is 38.4 Å². The van der Waals surface area contributed by atoms with Crippen molar-refractivity contribution in [2.24, 2.45) is 23.1 Å². The van der Waals surface area contributed by atoms with Crippen LogP contribution in [0, 0.1) is 5.92 Å². The van der Waals surface area contributed by atoms with Crippen molar-refractivity contribution in [2.75, 3.05) is 26.2 Å². The number of nitrogens with two attached hydrogens (primary N) is 3. The van der Waals surface area contributed by atoms with Gasteiger partial charge in [-0.15, -0.1) is 45.3 Å². The second-order valence-corrected chi connectivity index (χ2v) is 40.6. The Balaban J connectivity index is 0.000000124. The molecule has 0 bridgehead atoms. The highest BCUT2D eigenvalue weighted by atomic mass is 35.5. The molecule has 0 radical (unpaired) electrons. The summed E-state index contributed by atoms with van der Waals surface area (Å²) < 4.78 is 7.60. The number of amides is 6. The van der Waals surface area contributed by atoms with Crippen molar-refractivity contribution in [3.8, 4) is 45.0 Å². The number of hydrogen-bond donors (Lipinski definition) is 6. The molecular weight excluding hydrogens is 1930 g/mol. The molecule has 0 saturated heterocycles. The van der Waals surface area contributed by atoms with E-state index in [4.69, 9.17) is 115 Å². The van der Waals surface area contributed by atoms with E-state index in [1.807, 2.05) is 122 Å². The zero-order valence-electron chi connectivity index (χ0n) is 71.2. The molecule has 6 aliphatic heterocycles. The lowest BCUT2D eigenvalue weighted by Gasteiger charge is -2.24. The van der Waals surface area contributed by atoms with Crippen molar-refractivity contribution in [3.63, 3.8) is 0 Å². The van der Waals surface area contributed by atoms with Gasteiger partial charge in [-0.25, -0.2) is 4.79 Å². The number of fused-ring (bicyclic) bond motifs is 14. The van der Waals surface area contributed by atoms with Crippen LogP contribution >= 0.6 is 138 Å². The molecule has 0 saturated carbocycles. The molecule has 20 rings (SSSR count). The summed E-state index contributed by atoms with van der Waals surface area (Å²) in [6, 6.07) is 50.1. The number of aromatic carboxylic acids is 1. The number of carbonyl (C=O) groups excluding carboxylic acids is 7. The smallest absolute Gasteiger partial charge is 0.345 e. The SMILES string of the molecule is NC[C@@H](CC(=O)c1cc2c(s1)CCCn1ncc(Cl)c1-2)Cc1cccc(Cl)c1.NC[C@H](Cc1cccc(Cl)c1)NC(=O)c1cc2c(s1)CCCn1ncc(Cl)c1-2.N[C@@H](Cc1cccc(Cl)c1)CN1C(=O)c2ccccc2C1=O.O=C(N[C@@H](Cc1cccc(Cl)c1)CN1C(=O)c2ccccc2C1=O)c1cc2c(s1)CCCn1ncc(Cl)c1-2.O=C(O)c1cc2c(s1)CCCn1ncc(Cl)c1-2. The molecule has 14 heterocycles. The van der Waals surface area contributed by atoms with Crippen LogP contribution < -0.4 is 27.8 Å². The van der Waals surface area contributed by atoms with Gasteiger partial charge in [0, 0.05) is 126 Å². The Morgan fingerprint density at radius 3 is 1.05 bits per heavy atom. The van der Waals surface area contributed by atoms with E-state index in [2.05, 4.69) is 31.0 Å². The first kappa shape index (κ1) is 95.7. The number of nitrogens with one attached hydrogen (secondary N) is 2. The van der Waals surface area contributed by atoms with E-state index in [0.717, 1.165) is 166 Å². The summed E-state index contributed by atoms with van der Waals surface area (Å²) in [4.78, 5) is 110. The van der Waals surface area contributed by atoms with Gasteiger partial charge in [0.1, 0.15) is 4.88 Å². The minimum absolute atomic E-state index is 0.0360. The van der Waals surface area contributed by atoms with E-state index in [0.29, 0.717) is 116 Å². The van der Waals surface area contributed by atoms with E-state index < -0.39 is 12.0 Å². The molecule has 8 aromatic heterocycles. The normalized spacial score (nSPS) is 14.5. The van der Waals surface area contributed by atoms with Crippen LogP contribution in [0.1, 0.15) is 154 Å². The summed E-state index contributed by atoms with van der Waals surface area (Å²) in [6.45, 7) is 4.32. The van der Waals surface area contributed by atoms with E-state index in [-0.39, 0.29) is 72.3 Å². The third-order valence-corrected chi connectivity index (χ3v) is 30.2. The average Bonchev–Trinajstić information content (AvgIpc) is 1.65. The monoisotopic (exact) mass is 2010 g/mol. The highest BCUT2D eigenvalue weighted by Gasteiger charge is 2.39. The summed E-state index contributed by atoms with van der Waals surface area (Å²) in [7, 11) is 0. The van der Waals surface area contributed by atoms with Gasteiger partial charge >= 0.3 is 5.97 Å².